The third-order valence-corrected chi connectivity index (χ3v) is 6.29. The van der Waals surface area contributed by atoms with E-state index in [1.165, 1.54) is 0 Å². The number of nitrogens with zero attached hydrogens (tertiary/aromatic N) is 1. The highest BCUT2D eigenvalue weighted by Crippen LogP contribution is 2.46. The SMILES string of the molecule is CCCCOc1ccc(C2C3=C(OC4CCCCC4C3=O)C(=O)N2CCC)cc1. The van der Waals surface area contributed by atoms with Crippen LogP contribution in [0.5, 0.6) is 5.75 Å². The molecule has 3 unspecified atom stereocenters. The summed E-state index contributed by atoms with van der Waals surface area (Å²) in [6.07, 6.45) is 6.66. The Morgan fingerprint density at radius 2 is 1.83 bits per heavy atom. The van der Waals surface area contributed by atoms with Crippen LogP contribution in [0.25, 0.3) is 0 Å². The quantitative estimate of drug-likeness (QED) is 0.633. The number of ketones is 1. The smallest absolute Gasteiger partial charge is 0.290 e. The minimum atomic E-state index is -0.350. The summed E-state index contributed by atoms with van der Waals surface area (Å²) in [7, 11) is 0. The number of fused-ring (bicyclic) bond motifs is 1. The maximum Gasteiger partial charge on any atom is 0.290 e. The summed E-state index contributed by atoms with van der Waals surface area (Å²) in [4.78, 5) is 28.4. The Bertz CT molecular complexity index is 798. The van der Waals surface area contributed by atoms with Crippen molar-refractivity contribution < 1.29 is 19.1 Å². The summed E-state index contributed by atoms with van der Waals surface area (Å²) in [6, 6.07) is 7.50. The molecule has 0 radical (unpaired) electrons. The van der Waals surface area contributed by atoms with Crippen LogP contribution >= 0.6 is 0 Å². The van der Waals surface area contributed by atoms with Gasteiger partial charge >= 0.3 is 0 Å². The highest BCUT2D eigenvalue weighted by atomic mass is 16.5. The number of Topliss-reactive ketones (excluding diaryl/α,β-unsaturated/α-hetero) is 1. The Morgan fingerprint density at radius 1 is 1.07 bits per heavy atom. The molecule has 0 spiro atoms. The fraction of sp³-hybridized carbons (Fsp3) is 0.583. The first-order valence-corrected chi connectivity index (χ1v) is 11.1. The number of carbonyl (C=O) groups is 2. The average Bonchev–Trinajstić information content (AvgIpc) is 3.02. The van der Waals surface area contributed by atoms with Crippen LogP contribution in [0.4, 0.5) is 0 Å². The summed E-state index contributed by atoms with van der Waals surface area (Å²) in [5, 5.41) is 0. The number of unbranched alkanes of at least 4 members (excludes halogenated alkanes) is 1. The highest BCUT2D eigenvalue weighted by Gasteiger charge is 2.51. The van der Waals surface area contributed by atoms with Crippen LogP contribution < -0.4 is 4.74 Å². The molecule has 156 valence electrons. The van der Waals surface area contributed by atoms with Crippen LogP contribution in [0, 0.1) is 5.92 Å². The van der Waals surface area contributed by atoms with Crippen LogP contribution in [0.1, 0.15) is 70.4 Å². The first-order chi connectivity index (χ1) is 14.2. The lowest BCUT2D eigenvalue weighted by Crippen LogP contribution is -2.39. The van der Waals surface area contributed by atoms with Crippen molar-refractivity contribution in [3.8, 4) is 5.75 Å². The van der Waals surface area contributed by atoms with E-state index in [1.807, 2.05) is 29.2 Å². The standard InChI is InChI=1S/C24H31NO4/c1-3-5-15-28-17-12-10-16(11-13-17)21-20-22(26)18-8-6-7-9-19(18)29-23(20)24(27)25(21)14-4-2/h10-13,18-19,21H,3-9,14-15H2,1-2H3. The Balaban J connectivity index is 1.65. The number of hydrogen-bond acceptors (Lipinski definition) is 4. The van der Waals surface area contributed by atoms with Gasteiger partial charge in [-0.2, -0.15) is 0 Å². The van der Waals surface area contributed by atoms with Gasteiger partial charge in [0.05, 0.1) is 24.1 Å². The average molecular weight is 398 g/mol. The van der Waals surface area contributed by atoms with Crippen LogP contribution in [0.2, 0.25) is 0 Å². The van der Waals surface area contributed by atoms with Gasteiger partial charge in [-0.15, -0.1) is 0 Å². The molecule has 0 bridgehead atoms. The van der Waals surface area contributed by atoms with E-state index < -0.39 is 0 Å². The molecule has 1 aliphatic carbocycles. The van der Waals surface area contributed by atoms with Crippen molar-refractivity contribution in [1.82, 2.24) is 4.90 Å². The summed E-state index contributed by atoms with van der Waals surface area (Å²) in [5.74, 6) is 1.01. The molecular formula is C24H31NO4. The molecule has 4 rings (SSSR count). The van der Waals surface area contributed by atoms with Crippen molar-refractivity contribution in [2.45, 2.75) is 70.9 Å². The number of carbonyl (C=O) groups excluding carboxylic acids is 2. The van der Waals surface area contributed by atoms with E-state index in [2.05, 4.69) is 13.8 Å². The van der Waals surface area contributed by atoms with E-state index in [1.54, 1.807) is 0 Å². The first kappa shape index (κ1) is 20.0. The number of rotatable bonds is 7. The van der Waals surface area contributed by atoms with Gasteiger partial charge in [-0.1, -0.05) is 38.8 Å². The minimum Gasteiger partial charge on any atom is -0.494 e. The first-order valence-electron chi connectivity index (χ1n) is 11.1. The Kier molecular flexibility index (Phi) is 5.93. The van der Waals surface area contributed by atoms with Crippen molar-refractivity contribution in [2.24, 2.45) is 5.92 Å². The summed E-state index contributed by atoms with van der Waals surface area (Å²) in [5.41, 5.74) is 1.53. The third-order valence-electron chi connectivity index (χ3n) is 6.29. The fourth-order valence-electron chi connectivity index (χ4n) is 4.79. The van der Waals surface area contributed by atoms with Crippen LogP contribution in [0.3, 0.4) is 0 Å². The molecular weight excluding hydrogens is 366 g/mol. The van der Waals surface area contributed by atoms with Crippen molar-refractivity contribution >= 4 is 11.7 Å². The lowest BCUT2D eigenvalue weighted by molar-refractivity contribution is -0.135. The summed E-state index contributed by atoms with van der Waals surface area (Å²) < 4.78 is 11.9. The molecule has 2 heterocycles. The molecule has 1 amide bonds. The molecule has 0 N–H and O–H groups in total. The maximum atomic E-state index is 13.4. The van der Waals surface area contributed by atoms with Crippen molar-refractivity contribution in [3.05, 3.63) is 41.2 Å². The molecule has 1 saturated carbocycles. The molecule has 3 atom stereocenters. The molecule has 29 heavy (non-hydrogen) atoms. The maximum absolute atomic E-state index is 13.4. The van der Waals surface area contributed by atoms with Gasteiger partial charge in [-0.25, -0.2) is 0 Å². The zero-order valence-electron chi connectivity index (χ0n) is 17.5. The van der Waals surface area contributed by atoms with Gasteiger partial charge in [-0.05, 0) is 49.8 Å². The van der Waals surface area contributed by atoms with Gasteiger partial charge in [0.1, 0.15) is 11.9 Å². The molecule has 1 aromatic rings. The monoisotopic (exact) mass is 397 g/mol. The third kappa shape index (κ3) is 3.67. The van der Waals surface area contributed by atoms with E-state index in [0.717, 1.165) is 56.3 Å². The topological polar surface area (TPSA) is 55.8 Å². The van der Waals surface area contributed by atoms with E-state index in [9.17, 15) is 9.59 Å². The predicted octanol–water partition coefficient (Wildman–Crippen LogP) is 4.57. The summed E-state index contributed by atoms with van der Waals surface area (Å²) >= 11 is 0. The summed E-state index contributed by atoms with van der Waals surface area (Å²) in [6.45, 7) is 5.49. The van der Waals surface area contributed by atoms with E-state index in [-0.39, 0.29) is 29.8 Å². The van der Waals surface area contributed by atoms with Gasteiger partial charge in [0.25, 0.3) is 5.91 Å². The van der Waals surface area contributed by atoms with Gasteiger partial charge in [-0.3, -0.25) is 9.59 Å². The van der Waals surface area contributed by atoms with Crippen molar-refractivity contribution in [2.75, 3.05) is 13.2 Å². The second-order valence-electron chi connectivity index (χ2n) is 8.33. The molecule has 2 aliphatic heterocycles. The van der Waals surface area contributed by atoms with E-state index in [0.29, 0.717) is 24.5 Å². The molecule has 5 heteroatoms. The van der Waals surface area contributed by atoms with Crippen molar-refractivity contribution in [3.63, 3.8) is 0 Å². The molecule has 0 saturated heterocycles. The lowest BCUT2D eigenvalue weighted by Gasteiger charge is -2.35. The zero-order valence-corrected chi connectivity index (χ0v) is 17.5. The van der Waals surface area contributed by atoms with E-state index >= 15 is 0 Å². The molecule has 1 aromatic carbocycles. The van der Waals surface area contributed by atoms with E-state index in [4.69, 9.17) is 9.47 Å². The second-order valence-corrected chi connectivity index (χ2v) is 8.33. The van der Waals surface area contributed by atoms with Gasteiger partial charge in [0, 0.05) is 6.54 Å². The minimum absolute atomic E-state index is 0.101. The molecule has 5 nitrogen and oxygen atoms in total. The number of benzene rings is 1. The number of hydrogen-bond donors (Lipinski definition) is 0. The fourth-order valence-corrected chi connectivity index (χ4v) is 4.79. The van der Waals surface area contributed by atoms with Crippen molar-refractivity contribution in [1.29, 1.82) is 0 Å². The zero-order chi connectivity index (χ0) is 20.4. The van der Waals surface area contributed by atoms with Gasteiger partial charge in [0.2, 0.25) is 0 Å². The van der Waals surface area contributed by atoms with Gasteiger partial charge < -0.3 is 14.4 Å². The Morgan fingerprint density at radius 3 is 2.55 bits per heavy atom. The van der Waals surface area contributed by atoms with Gasteiger partial charge in [0.15, 0.2) is 11.5 Å². The van der Waals surface area contributed by atoms with Crippen LogP contribution in [-0.4, -0.2) is 35.8 Å². The largest absolute Gasteiger partial charge is 0.494 e. The van der Waals surface area contributed by atoms with Crippen LogP contribution in [-0.2, 0) is 14.3 Å². The lowest BCUT2D eigenvalue weighted by atomic mass is 9.77. The normalized spacial score (nSPS) is 26.3. The molecule has 1 fully saturated rings. The Hall–Kier alpha value is -2.30. The highest BCUT2D eigenvalue weighted by molar-refractivity contribution is 6.11. The molecule has 0 aromatic heterocycles. The molecule has 3 aliphatic rings. The number of amides is 1. The van der Waals surface area contributed by atoms with Crippen LogP contribution in [0.15, 0.2) is 35.6 Å². The number of ether oxygens (including phenoxy) is 2. The second kappa shape index (κ2) is 8.60. The predicted molar refractivity (Wildman–Crippen MR) is 110 cm³/mol. The Labute approximate surface area is 173 Å².